The summed E-state index contributed by atoms with van der Waals surface area (Å²) in [6, 6.07) is 4.77. The van der Waals surface area contributed by atoms with E-state index in [2.05, 4.69) is 20.4 Å². The molecule has 2 aromatic heterocycles. The predicted molar refractivity (Wildman–Crippen MR) is 109 cm³/mol. The minimum absolute atomic E-state index is 0.294. The molecule has 1 aliphatic carbocycles. The maximum Gasteiger partial charge on any atom is 0.416 e. The van der Waals surface area contributed by atoms with Crippen LogP contribution in [0.4, 0.5) is 13.2 Å². The molecule has 3 aromatic rings. The van der Waals surface area contributed by atoms with Crippen LogP contribution < -0.4 is 5.32 Å². The van der Waals surface area contributed by atoms with Crippen molar-refractivity contribution in [2.24, 2.45) is 0 Å². The first-order valence-electron chi connectivity index (χ1n) is 9.96. The zero-order valence-electron chi connectivity index (χ0n) is 17.0. The number of nitrogens with zero attached hydrogens (tertiary/aromatic N) is 3. The van der Waals surface area contributed by atoms with Crippen molar-refractivity contribution in [2.45, 2.75) is 57.7 Å². The maximum absolute atomic E-state index is 13.2. The maximum atomic E-state index is 13.2. The first kappa shape index (κ1) is 21.5. The van der Waals surface area contributed by atoms with E-state index in [9.17, 15) is 18.0 Å². The van der Waals surface area contributed by atoms with Crippen LogP contribution in [0.1, 0.15) is 64.7 Å². The molecule has 0 unspecified atom stereocenters. The van der Waals surface area contributed by atoms with Gasteiger partial charge in [0.2, 0.25) is 5.89 Å². The average Bonchev–Trinajstić information content (AvgIpc) is 3.34. The molecule has 0 aliphatic heterocycles. The molecule has 1 amide bonds. The monoisotopic (exact) mass is 450 g/mol. The van der Waals surface area contributed by atoms with E-state index in [0.717, 1.165) is 42.7 Å². The second-order valence-corrected chi connectivity index (χ2v) is 8.74. The zero-order valence-corrected chi connectivity index (χ0v) is 17.9. The summed E-state index contributed by atoms with van der Waals surface area (Å²) in [6.45, 7) is 3.42. The summed E-state index contributed by atoms with van der Waals surface area (Å²) in [5.74, 6) is 0.619. The fraction of sp³-hybridized carbons (Fsp3) is 0.429. The number of hydrogen-bond acceptors (Lipinski definition) is 6. The number of amides is 1. The van der Waals surface area contributed by atoms with Crippen molar-refractivity contribution in [3.05, 3.63) is 52.1 Å². The average molecular weight is 450 g/mol. The van der Waals surface area contributed by atoms with E-state index in [1.54, 1.807) is 13.8 Å². The van der Waals surface area contributed by atoms with Gasteiger partial charge in [0.05, 0.1) is 11.3 Å². The summed E-state index contributed by atoms with van der Waals surface area (Å²) < 4.78 is 43.6. The van der Waals surface area contributed by atoms with E-state index in [0.29, 0.717) is 45.7 Å². The van der Waals surface area contributed by atoms with Crippen molar-refractivity contribution in [3.8, 4) is 10.6 Å². The Morgan fingerprint density at radius 1 is 1.10 bits per heavy atom. The molecular weight excluding hydrogens is 429 g/mol. The summed E-state index contributed by atoms with van der Waals surface area (Å²) in [4.78, 5) is 22.4. The smallest absolute Gasteiger partial charge is 0.340 e. The van der Waals surface area contributed by atoms with E-state index in [1.807, 2.05) is 0 Å². The Bertz CT molecular complexity index is 1080. The second kappa shape index (κ2) is 8.07. The number of halogens is 3. The molecule has 4 rings (SSSR count). The Morgan fingerprint density at radius 3 is 2.35 bits per heavy atom. The summed E-state index contributed by atoms with van der Waals surface area (Å²) in [5, 5.41) is 7.66. The molecule has 31 heavy (non-hydrogen) atoms. The number of aromatic nitrogens is 3. The van der Waals surface area contributed by atoms with Gasteiger partial charge in [-0.3, -0.25) is 4.79 Å². The number of carbonyl (C=O) groups is 1. The highest BCUT2D eigenvalue weighted by Gasteiger charge is 2.40. The minimum Gasteiger partial charge on any atom is -0.340 e. The first-order valence-corrected chi connectivity index (χ1v) is 10.8. The molecule has 1 aliphatic rings. The van der Waals surface area contributed by atoms with Gasteiger partial charge in [0.1, 0.15) is 15.4 Å². The van der Waals surface area contributed by atoms with Crippen molar-refractivity contribution in [1.82, 2.24) is 20.4 Å². The standard InChI is InChI=1S/C21H21F3N4O2S/c1-12-16(31-18(25-12)14-6-8-15(9-7-14)21(22,23)24)17(29)27-20(10-4-3-5-11-20)19-26-13(2)30-28-19/h6-9H,3-5,10-11H2,1-2H3,(H,27,29). The van der Waals surface area contributed by atoms with E-state index in [4.69, 9.17) is 4.52 Å². The molecule has 0 spiro atoms. The number of hydrogen-bond donors (Lipinski definition) is 1. The van der Waals surface area contributed by atoms with E-state index >= 15 is 0 Å². The van der Waals surface area contributed by atoms with Crippen LogP contribution in [0.3, 0.4) is 0 Å². The van der Waals surface area contributed by atoms with Crippen LogP contribution in [0.2, 0.25) is 0 Å². The van der Waals surface area contributed by atoms with Crippen LogP contribution >= 0.6 is 11.3 Å². The van der Waals surface area contributed by atoms with Crippen LogP contribution in [-0.2, 0) is 11.7 Å². The lowest BCUT2D eigenvalue weighted by Gasteiger charge is -2.35. The van der Waals surface area contributed by atoms with E-state index in [1.165, 1.54) is 12.1 Å². The molecule has 6 nitrogen and oxygen atoms in total. The van der Waals surface area contributed by atoms with E-state index in [-0.39, 0.29) is 5.91 Å². The summed E-state index contributed by atoms with van der Waals surface area (Å²) in [6.07, 6.45) is -0.0301. The molecule has 10 heteroatoms. The molecule has 0 radical (unpaired) electrons. The van der Waals surface area contributed by atoms with Gasteiger partial charge in [-0.15, -0.1) is 11.3 Å². The Kier molecular flexibility index (Phi) is 5.59. The number of thiazole rings is 1. The van der Waals surface area contributed by atoms with Crippen molar-refractivity contribution in [1.29, 1.82) is 0 Å². The van der Waals surface area contributed by atoms with E-state index < -0.39 is 17.3 Å². The molecule has 1 fully saturated rings. The highest BCUT2D eigenvalue weighted by atomic mass is 32.1. The molecule has 1 N–H and O–H groups in total. The second-order valence-electron chi connectivity index (χ2n) is 7.74. The van der Waals surface area contributed by atoms with Crippen molar-refractivity contribution in [2.75, 3.05) is 0 Å². The fourth-order valence-corrected chi connectivity index (χ4v) is 4.83. The molecule has 0 saturated heterocycles. The van der Waals surface area contributed by atoms with Crippen molar-refractivity contribution >= 4 is 17.2 Å². The van der Waals surface area contributed by atoms with Gasteiger partial charge in [-0.05, 0) is 31.9 Å². The Hall–Kier alpha value is -2.75. The molecule has 2 heterocycles. The van der Waals surface area contributed by atoms with Gasteiger partial charge < -0.3 is 9.84 Å². The highest BCUT2D eigenvalue weighted by Crippen LogP contribution is 2.37. The van der Waals surface area contributed by atoms with Gasteiger partial charge in [-0.25, -0.2) is 4.98 Å². The van der Waals surface area contributed by atoms with Gasteiger partial charge in [-0.2, -0.15) is 18.2 Å². The molecule has 1 saturated carbocycles. The highest BCUT2D eigenvalue weighted by molar-refractivity contribution is 7.17. The van der Waals surface area contributed by atoms with Gasteiger partial charge in [-0.1, -0.05) is 36.6 Å². The van der Waals surface area contributed by atoms with Crippen molar-refractivity contribution in [3.63, 3.8) is 0 Å². The largest absolute Gasteiger partial charge is 0.416 e. The lowest BCUT2D eigenvalue weighted by Crippen LogP contribution is -2.48. The molecule has 164 valence electrons. The van der Waals surface area contributed by atoms with Crippen LogP contribution in [0.5, 0.6) is 0 Å². The van der Waals surface area contributed by atoms with Crippen LogP contribution in [0.25, 0.3) is 10.6 Å². The summed E-state index contributed by atoms with van der Waals surface area (Å²) in [5.41, 5.74) is -0.371. The topological polar surface area (TPSA) is 80.9 Å². The minimum atomic E-state index is -4.40. The lowest BCUT2D eigenvalue weighted by molar-refractivity contribution is -0.137. The quantitative estimate of drug-likeness (QED) is 0.574. The number of alkyl halides is 3. The SMILES string of the molecule is Cc1nc(C2(NC(=O)c3sc(-c4ccc(C(F)(F)F)cc4)nc3C)CCCCC2)no1. The third kappa shape index (κ3) is 4.34. The number of benzene rings is 1. The van der Waals surface area contributed by atoms with Crippen molar-refractivity contribution < 1.29 is 22.5 Å². The molecule has 0 atom stereocenters. The fourth-order valence-electron chi connectivity index (χ4n) is 3.86. The number of carbonyl (C=O) groups excluding carboxylic acids is 1. The van der Waals surface area contributed by atoms with Crippen LogP contribution in [-0.4, -0.2) is 21.0 Å². The molecule has 0 bridgehead atoms. The van der Waals surface area contributed by atoms with Gasteiger partial charge in [0, 0.05) is 12.5 Å². The number of rotatable bonds is 4. The van der Waals surface area contributed by atoms with Crippen LogP contribution in [0, 0.1) is 13.8 Å². The summed E-state index contributed by atoms with van der Waals surface area (Å²) in [7, 11) is 0. The number of nitrogens with one attached hydrogen (secondary N) is 1. The number of aryl methyl sites for hydroxylation is 2. The third-order valence-electron chi connectivity index (χ3n) is 5.48. The zero-order chi connectivity index (χ0) is 22.2. The van der Waals surface area contributed by atoms with Gasteiger partial charge in [0.25, 0.3) is 5.91 Å². The lowest BCUT2D eigenvalue weighted by atomic mass is 9.81. The van der Waals surface area contributed by atoms with Gasteiger partial charge in [0.15, 0.2) is 5.82 Å². The van der Waals surface area contributed by atoms with Crippen LogP contribution in [0.15, 0.2) is 28.8 Å². The van der Waals surface area contributed by atoms with Gasteiger partial charge >= 0.3 is 6.18 Å². The third-order valence-corrected chi connectivity index (χ3v) is 6.68. The first-order chi connectivity index (χ1) is 14.7. The summed E-state index contributed by atoms with van der Waals surface area (Å²) >= 11 is 1.15. The Balaban J connectivity index is 1.59. The predicted octanol–water partition coefficient (Wildman–Crippen LogP) is 5.42. The Morgan fingerprint density at radius 2 is 1.77 bits per heavy atom. The Labute approximate surface area is 180 Å². The normalized spacial score (nSPS) is 16.3. The molecular formula is C21H21F3N4O2S. The molecule has 1 aromatic carbocycles.